The van der Waals surface area contributed by atoms with E-state index in [9.17, 15) is 18.3 Å². The number of morpholine rings is 1. The topological polar surface area (TPSA) is 95.9 Å². The van der Waals surface area contributed by atoms with E-state index < -0.39 is 16.2 Å². The summed E-state index contributed by atoms with van der Waals surface area (Å²) in [6.45, 7) is 5.05. The van der Waals surface area contributed by atoms with Crippen LogP contribution in [0.2, 0.25) is 0 Å². The number of nitrogens with zero attached hydrogens (tertiary/aromatic N) is 1. The lowest BCUT2D eigenvalue weighted by molar-refractivity contribution is 0.0697. The molecule has 0 atom stereocenters. The van der Waals surface area contributed by atoms with E-state index in [-0.39, 0.29) is 30.3 Å². The molecule has 7 nitrogen and oxygen atoms in total. The molecular weight excluding hydrogens is 308 g/mol. The number of aromatic carboxylic acids is 1. The van der Waals surface area contributed by atoms with Crippen LogP contribution in [0.4, 0.5) is 5.69 Å². The second kappa shape index (κ2) is 6.64. The minimum absolute atomic E-state index is 0.0527. The van der Waals surface area contributed by atoms with E-state index in [1.807, 2.05) is 13.8 Å². The molecule has 22 heavy (non-hydrogen) atoms. The van der Waals surface area contributed by atoms with Gasteiger partial charge in [0.15, 0.2) is 0 Å². The van der Waals surface area contributed by atoms with Crippen LogP contribution in [0.15, 0.2) is 18.2 Å². The number of carbonyl (C=O) groups is 1. The Balaban J connectivity index is 2.30. The highest BCUT2D eigenvalue weighted by Crippen LogP contribution is 2.24. The molecule has 0 spiro atoms. The maximum absolute atomic E-state index is 12.3. The molecule has 1 fully saturated rings. The summed E-state index contributed by atoms with van der Waals surface area (Å²) >= 11 is 0. The van der Waals surface area contributed by atoms with Gasteiger partial charge in [-0.05, 0) is 23.6 Å². The van der Waals surface area contributed by atoms with Crippen molar-refractivity contribution in [1.29, 1.82) is 0 Å². The molecule has 2 N–H and O–H groups in total. The number of anilines is 1. The predicted octanol–water partition coefficient (Wildman–Crippen LogP) is 1.50. The van der Waals surface area contributed by atoms with Gasteiger partial charge < -0.3 is 9.84 Å². The summed E-state index contributed by atoms with van der Waals surface area (Å²) in [4.78, 5) is 11.4. The van der Waals surface area contributed by atoms with Gasteiger partial charge in [-0.1, -0.05) is 19.9 Å². The third-order valence-electron chi connectivity index (χ3n) is 3.49. The van der Waals surface area contributed by atoms with Crippen LogP contribution in [0.3, 0.4) is 0 Å². The SMILES string of the molecule is CC(C)c1ccc(NS(=O)(=O)N2CCOCC2)c(C(=O)O)c1. The second-order valence-electron chi connectivity index (χ2n) is 5.38. The van der Waals surface area contributed by atoms with E-state index in [2.05, 4.69) is 4.72 Å². The van der Waals surface area contributed by atoms with Crippen LogP contribution in [-0.4, -0.2) is 50.1 Å². The minimum Gasteiger partial charge on any atom is -0.478 e. The van der Waals surface area contributed by atoms with E-state index in [0.29, 0.717) is 13.2 Å². The number of ether oxygens (including phenoxy) is 1. The lowest BCUT2D eigenvalue weighted by Gasteiger charge is -2.26. The molecule has 1 aromatic rings. The molecule has 0 saturated carbocycles. The van der Waals surface area contributed by atoms with Gasteiger partial charge >= 0.3 is 16.2 Å². The maximum atomic E-state index is 12.3. The molecule has 1 aromatic carbocycles. The van der Waals surface area contributed by atoms with Crippen molar-refractivity contribution in [3.05, 3.63) is 29.3 Å². The van der Waals surface area contributed by atoms with Gasteiger partial charge in [-0.25, -0.2) is 4.79 Å². The summed E-state index contributed by atoms with van der Waals surface area (Å²) in [6, 6.07) is 4.73. The smallest absolute Gasteiger partial charge is 0.337 e. The first-order valence-electron chi connectivity index (χ1n) is 7.04. The van der Waals surface area contributed by atoms with Crippen LogP contribution < -0.4 is 4.72 Å². The first-order valence-corrected chi connectivity index (χ1v) is 8.48. The third-order valence-corrected chi connectivity index (χ3v) is 5.01. The number of hydrogen-bond acceptors (Lipinski definition) is 4. The van der Waals surface area contributed by atoms with Gasteiger partial charge in [-0.2, -0.15) is 12.7 Å². The minimum atomic E-state index is -3.79. The summed E-state index contributed by atoms with van der Waals surface area (Å²) in [5.41, 5.74) is 0.859. The van der Waals surface area contributed by atoms with Crippen LogP contribution in [0.1, 0.15) is 35.7 Å². The molecule has 0 aromatic heterocycles. The summed E-state index contributed by atoms with van der Waals surface area (Å²) < 4.78 is 33.4. The van der Waals surface area contributed by atoms with Crippen molar-refractivity contribution in [3.63, 3.8) is 0 Å². The van der Waals surface area contributed by atoms with Gasteiger partial charge in [0.2, 0.25) is 0 Å². The number of rotatable bonds is 5. The number of benzene rings is 1. The van der Waals surface area contributed by atoms with Gasteiger partial charge in [-0.15, -0.1) is 0 Å². The standard InChI is InChI=1S/C14H20N2O5S/c1-10(2)11-3-4-13(12(9-11)14(17)18)15-22(19,20)16-5-7-21-8-6-16/h3-4,9-10,15H,5-8H2,1-2H3,(H,17,18). The average Bonchev–Trinajstić information content (AvgIpc) is 2.47. The second-order valence-corrected chi connectivity index (χ2v) is 7.05. The molecule has 0 amide bonds. The lowest BCUT2D eigenvalue weighted by Crippen LogP contribution is -2.43. The fraction of sp³-hybridized carbons (Fsp3) is 0.500. The van der Waals surface area contributed by atoms with Crippen molar-refractivity contribution in [2.24, 2.45) is 0 Å². The Morgan fingerprint density at radius 1 is 1.32 bits per heavy atom. The van der Waals surface area contributed by atoms with E-state index in [1.54, 1.807) is 6.07 Å². The zero-order chi connectivity index (χ0) is 16.3. The Kier molecular flexibility index (Phi) is 5.05. The molecule has 1 aliphatic heterocycles. The fourth-order valence-corrected chi connectivity index (χ4v) is 3.39. The van der Waals surface area contributed by atoms with E-state index in [1.165, 1.54) is 16.4 Å². The molecule has 2 rings (SSSR count). The average molecular weight is 328 g/mol. The predicted molar refractivity (Wildman–Crippen MR) is 82.4 cm³/mol. The van der Waals surface area contributed by atoms with Crippen molar-refractivity contribution < 1.29 is 23.1 Å². The number of carboxylic acids is 1. The van der Waals surface area contributed by atoms with Crippen molar-refractivity contribution in [2.75, 3.05) is 31.0 Å². The largest absolute Gasteiger partial charge is 0.478 e. The van der Waals surface area contributed by atoms with Gasteiger partial charge in [0.05, 0.1) is 24.5 Å². The Bertz CT molecular complexity index is 651. The zero-order valence-corrected chi connectivity index (χ0v) is 13.4. The number of nitrogens with one attached hydrogen (secondary N) is 1. The molecule has 0 bridgehead atoms. The Hall–Kier alpha value is -1.64. The van der Waals surface area contributed by atoms with Crippen LogP contribution in [0.25, 0.3) is 0 Å². The first-order chi connectivity index (χ1) is 10.3. The molecular formula is C14H20N2O5S. The van der Waals surface area contributed by atoms with Crippen molar-refractivity contribution in [1.82, 2.24) is 4.31 Å². The zero-order valence-electron chi connectivity index (χ0n) is 12.6. The van der Waals surface area contributed by atoms with Crippen molar-refractivity contribution in [3.8, 4) is 0 Å². The fourth-order valence-electron chi connectivity index (χ4n) is 2.18. The van der Waals surface area contributed by atoms with Crippen LogP contribution in [0.5, 0.6) is 0 Å². The highest BCUT2D eigenvalue weighted by Gasteiger charge is 2.26. The molecule has 122 valence electrons. The summed E-state index contributed by atoms with van der Waals surface area (Å²) in [6.07, 6.45) is 0. The number of carboxylic acid groups (broad SMARTS) is 1. The van der Waals surface area contributed by atoms with Crippen LogP contribution in [0, 0.1) is 0 Å². The summed E-state index contributed by atoms with van der Waals surface area (Å²) in [5.74, 6) is -1.01. The maximum Gasteiger partial charge on any atom is 0.337 e. The Labute approximate surface area is 130 Å². The van der Waals surface area contributed by atoms with Gasteiger partial charge in [-0.3, -0.25) is 4.72 Å². The molecule has 1 heterocycles. The van der Waals surface area contributed by atoms with Crippen LogP contribution in [-0.2, 0) is 14.9 Å². The summed E-state index contributed by atoms with van der Waals surface area (Å²) in [7, 11) is -3.79. The van der Waals surface area contributed by atoms with Gasteiger partial charge in [0.25, 0.3) is 0 Å². The highest BCUT2D eigenvalue weighted by molar-refractivity contribution is 7.90. The van der Waals surface area contributed by atoms with E-state index >= 15 is 0 Å². The highest BCUT2D eigenvalue weighted by atomic mass is 32.2. The molecule has 1 saturated heterocycles. The van der Waals surface area contributed by atoms with Crippen LogP contribution >= 0.6 is 0 Å². The lowest BCUT2D eigenvalue weighted by atomic mass is 10.00. The Morgan fingerprint density at radius 2 is 1.95 bits per heavy atom. The van der Waals surface area contributed by atoms with Gasteiger partial charge in [0, 0.05) is 13.1 Å². The normalized spacial score (nSPS) is 16.7. The molecule has 0 radical (unpaired) electrons. The van der Waals surface area contributed by atoms with E-state index in [0.717, 1.165) is 5.56 Å². The Morgan fingerprint density at radius 3 is 2.50 bits per heavy atom. The quantitative estimate of drug-likeness (QED) is 0.854. The third kappa shape index (κ3) is 3.76. The molecule has 1 aliphatic rings. The monoisotopic (exact) mass is 328 g/mol. The number of hydrogen-bond donors (Lipinski definition) is 2. The first kappa shape index (κ1) is 16.7. The molecule has 0 unspecified atom stereocenters. The van der Waals surface area contributed by atoms with Crippen molar-refractivity contribution >= 4 is 21.9 Å². The molecule has 0 aliphatic carbocycles. The van der Waals surface area contributed by atoms with E-state index in [4.69, 9.17) is 4.74 Å². The molecule has 8 heteroatoms. The van der Waals surface area contributed by atoms with Gasteiger partial charge in [0.1, 0.15) is 0 Å². The van der Waals surface area contributed by atoms with Crippen molar-refractivity contribution in [2.45, 2.75) is 19.8 Å². The summed E-state index contributed by atoms with van der Waals surface area (Å²) in [5, 5.41) is 9.31.